The van der Waals surface area contributed by atoms with Gasteiger partial charge >= 0.3 is 0 Å². The van der Waals surface area contributed by atoms with E-state index in [1.54, 1.807) is 0 Å². The fourth-order valence-electron chi connectivity index (χ4n) is 9.05. The van der Waals surface area contributed by atoms with E-state index >= 15 is 0 Å². The smallest absolute Gasteiger partial charge is 0.0719 e. The number of thiophene rings is 1. The van der Waals surface area contributed by atoms with Gasteiger partial charge in [0.2, 0.25) is 0 Å². The number of hydrogen-bond acceptors (Lipinski definition) is 2. The Kier molecular flexibility index (Phi) is 6.56. The molecule has 0 amide bonds. The summed E-state index contributed by atoms with van der Waals surface area (Å²) in [7, 11) is 0. The van der Waals surface area contributed by atoms with Crippen molar-refractivity contribution in [3.05, 3.63) is 205 Å². The second kappa shape index (κ2) is 11.8. The second-order valence-corrected chi connectivity index (χ2v) is 15.6. The Morgan fingerprint density at radius 1 is 0.455 bits per heavy atom. The van der Waals surface area contributed by atoms with Gasteiger partial charge in [-0.1, -0.05) is 127 Å². The minimum atomic E-state index is 0.0350. The maximum atomic E-state index is 3.84. The van der Waals surface area contributed by atoms with E-state index in [-0.39, 0.29) is 6.04 Å². The van der Waals surface area contributed by atoms with Crippen LogP contribution < -0.4 is 5.32 Å². The lowest BCUT2D eigenvalue weighted by Gasteiger charge is -2.27. The van der Waals surface area contributed by atoms with Crippen molar-refractivity contribution in [3.8, 4) is 11.4 Å². The predicted octanol–water partition coefficient (Wildman–Crippen LogP) is 13.8. The third kappa shape index (κ3) is 4.56. The van der Waals surface area contributed by atoms with Crippen LogP contribution in [0, 0.1) is 0 Å². The summed E-state index contributed by atoms with van der Waals surface area (Å²) in [5.41, 5.74) is 13.3. The van der Waals surface area contributed by atoms with Crippen LogP contribution in [0.15, 0.2) is 188 Å². The van der Waals surface area contributed by atoms with Crippen molar-refractivity contribution in [2.45, 2.75) is 6.04 Å². The summed E-state index contributed by atoms with van der Waals surface area (Å²) >= 11 is 1.90. The number of aromatic nitrogens is 2. The van der Waals surface area contributed by atoms with Crippen molar-refractivity contribution < 1.29 is 0 Å². The summed E-state index contributed by atoms with van der Waals surface area (Å²) in [5.74, 6) is 0. The van der Waals surface area contributed by atoms with Gasteiger partial charge in [0.1, 0.15) is 0 Å². The average Bonchev–Trinajstić information content (AvgIpc) is 3.90. The zero-order chi connectivity index (χ0) is 36.0. The van der Waals surface area contributed by atoms with Gasteiger partial charge in [-0.15, -0.1) is 11.3 Å². The monoisotopic (exact) mass is 719 g/mol. The number of nitrogens with zero attached hydrogens (tertiary/aromatic N) is 2. The molecule has 258 valence electrons. The molecule has 3 aromatic heterocycles. The van der Waals surface area contributed by atoms with E-state index in [4.69, 9.17) is 0 Å². The normalized spacial score (nSPS) is 14.3. The summed E-state index contributed by atoms with van der Waals surface area (Å²) in [6, 6.07) is 66.6. The van der Waals surface area contributed by atoms with Crippen molar-refractivity contribution in [1.29, 1.82) is 0 Å². The van der Waals surface area contributed by atoms with Gasteiger partial charge in [0.15, 0.2) is 0 Å². The number of nitrogens with one attached hydrogen (secondary N) is 1. The third-order valence-corrected chi connectivity index (χ3v) is 12.7. The van der Waals surface area contributed by atoms with Gasteiger partial charge in [0.05, 0.1) is 32.8 Å². The number of hydrogen-bond donors (Lipinski definition) is 1. The van der Waals surface area contributed by atoms with Crippen molar-refractivity contribution in [2.75, 3.05) is 5.32 Å². The first-order valence-corrected chi connectivity index (χ1v) is 19.7. The van der Waals surface area contributed by atoms with E-state index in [9.17, 15) is 0 Å². The Bertz CT molecular complexity index is 3330. The van der Waals surface area contributed by atoms with Crippen molar-refractivity contribution in [1.82, 2.24) is 9.13 Å². The topological polar surface area (TPSA) is 21.9 Å². The lowest BCUT2D eigenvalue weighted by molar-refractivity contribution is 0.970. The lowest BCUT2D eigenvalue weighted by atomic mass is 9.89. The molecule has 3 nitrogen and oxygen atoms in total. The average molecular weight is 720 g/mol. The Hall–Kier alpha value is -6.88. The van der Waals surface area contributed by atoms with E-state index in [2.05, 4.69) is 203 Å². The van der Waals surface area contributed by atoms with Crippen LogP contribution in [0.2, 0.25) is 0 Å². The minimum Gasteiger partial charge on any atom is -0.374 e. The van der Waals surface area contributed by atoms with Gasteiger partial charge in [-0.25, -0.2) is 0 Å². The maximum Gasteiger partial charge on any atom is 0.0719 e. The summed E-state index contributed by atoms with van der Waals surface area (Å²) in [6.07, 6.45) is 2.38. The molecule has 12 rings (SSSR count). The molecule has 11 aromatic rings. The molecule has 0 bridgehead atoms. The Balaban J connectivity index is 1.11. The van der Waals surface area contributed by atoms with E-state index < -0.39 is 0 Å². The van der Waals surface area contributed by atoms with Gasteiger partial charge in [-0.2, -0.15) is 0 Å². The van der Waals surface area contributed by atoms with Gasteiger partial charge in [-0.3, -0.25) is 0 Å². The van der Waals surface area contributed by atoms with Crippen LogP contribution in [0.4, 0.5) is 5.69 Å². The van der Waals surface area contributed by atoms with Gasteiger partial charge in [0, 0.05) is 59.6 Å². The predicted molar refractivity (Wildman–Crippen MR) is 234 cm³/mol. The van der Waals surface area contributed by atoms with E-state index in [0.29, 0.717) is 0 Å². The van der Waals surface area contributed by atoms with Gasteiger partial charge in [0.25, 0.3) is 0 Å². The third-order valence-electron chi connectivity index (χ3n) is 11.5. The fourth-order valence-corrected chi connectivity index (χ4v) is 10.3. The SMILES string of the molecule is C1=C(c2ccccc2)c2ccccc2NC1c1ccc(-n2c3cc4c(cc3c3ccc5c6ccccc6sc5c32)c2ccccc2n4-c2ccccc2)cc1. The molecule has 1 N–H and O–H groups in total. The lowest BCUT2D eigenvalue weighted by Crippen LogP contribution is -2.15. The van der Waals surface area contributed by atoms with Crippen molar-refractivity contribution >= 4 is 86.4 Å². The number of benzene rings is 8. The molecule has 1 atom stereocenters. The van der Waals surface area contributed by atoms with Crippen LogP contribution in [-0.4, -0.2) is 9.13 Å². The first-order chi connectivity index (χ1) is 27.3. The van der Waals surface area contributed by atoms with Crippen molar-refractivity contribution in [2.24, 2.45) is 0 Å². The maximum absolute atomic E-state index is 3.84. The Morgan fingerprint density at radius 2 is 1.11 bits per heavy atom. The van der Waals surface area contributed by atoms with Crippen LogP contribution in [-0.2, 0) is 0 Å². The van der Waals surface area contributed by atoms with Crippen LogP contribution in [0.1, 0.15) is 22.7 Å². The highest BCUT2D eigenvalue weighted by molar-refractivity contribution is 7.26. The molecule has 0 saturated heterocycles. The molecule has 0 spiro atoms. The van der Waals surface area contributed by atoms with Gasteiger partial charge < -0.3 is 14.5 Å². The van der Waals surface area contributed by atoms with Crippen LogP contribution >= 0.6 is 11.3 Å². The molecular formula is C51H33N3S. The molecule has 1 aliphatic rings. The summed E-state index contributed by atoms with van der Waals surface area (Å²) in [5, 5.41) is 11.5. The molecule has 8 aromatic carbocycles. The minimum absolute atomic E-state index is 0.0350. The van der Waals surface area contributed by atoms with Gasteiger partial charge in [-0.05, 0) is 77.4 Å². The van der Waals surface area contributed by atoms with Crippen molar-refractivity contribution in [3.63, 3.8) is 0 Å². The summed E-state index contributed by atoms with van der Waals surface area (Å²) in [6.45, 7) is 0. The second-order valence-electron chi connectivity index (χ2n) is 14.6. The van der Waals surface area contributed by atoms with Crippen LogP contribution in [0.25, 0.3) is 80.7 Å². The molecular weight excluding hydrogens is 687 g/mol. The Labute approximate surface area is 321 Å². The summed E-state index contributed by atoms with van der Waals surface area (Å²) in [4.78, 5) is 0. The molecule has 0 fully saturated rings. The molecule has 4 heterocycles. The standard InChI is InChI=1S/C51H33N3S/c1-3-13-32(14-4-1)41-30-45(52-44-20-10-7-17-36(41)44)33-23-25-35(26-24-33)54-48-31-47-42(37-18-8-11-21-46(37)53(47)34-15-5-2-6-16-34)29-43(48)39-27-28-40-38-19-9-12-22-49(38)55-51(40)50(39)54/h1-31,45,52H. The summed E-state index contributed by atoms with van der Waals surface area (Å²) < 4.78 is 7.58. The highest BCUT2D eigenvalue weighted by atomic mass is 32.1. The highest BCUT2D eigenvalue weighted by Gasteiger charge is 2.23. The number of para-hydroxylation sites is 3. The molecule has 1 aliphatic heterocycles. The molecule has 1 unspecified atom stereocenters. The molecule has 0 radical (unpaired) electrons. The number of rotatable bonds is 4. The zero-order valence-corrected chi connectivity index (χ0v) is 30.6. The number of anilines is 1. The molecule has 0 saturated carbocycles. The highest BCUT2D eigenvalue weighted by Crippen LogP contribution is 2.46. The van der Waals surface area contributed by atoms with E-state index in [1.165, 1.54) is 86.0 Å². The zero-order valence-electron chi connectivity index (χ0n) is 29.8. The van der Waals surface area contributed by atoms with Crippen LogP contribution in [0.3, 0.4) is 0 Å². The van der Waals surface area contributed by atoms with E-state index in [0.717, 1.165) is 17.1 Å². The molecule has 4 heteroatoms. The quantitative estimate of drug-likeness (QED) is 0.192. The first kappa shape index (κ1) is 30.6. The fraction of sp³-hybridized carbons (Fsp3) is 0.0196. The van der Waals surface area contributed by atoms with E-state index in [1.807, 2.05) is 11.3 Å². The largest absolute Gasteiger partial charge is 0.374 e. The van der Waals surface area contributed by atoms with Crippen LogP contribution in [0.5, 0.6) is 0 Å². The number of fused-ring (bicyclic) bond motifs is 11. The molecule has 0 aliphatic carbocycles. The Morgan fingerprint density at radius 3 is 1.96 bits per heavy atom. The molecule has 55 heavy (non-hydrogen) atoms. The first-order valence-electron chi connectivity index (χ1n) is 18.9.